The maximum atomic E-state index is 11.3. The van der Waals surface area contributed by atoms with Crippen LogP contribution in [0.1, 0.15) is 268 Å². The minimum Gasteiger partial charge on any atom is -0.504 e. The van der Waals surface area contributed by atoms with Crippen molar-refractivity contribution in [3.8, 4) is 70.0 Å². The van der Waals surface area contributed by atoms with Crippen LogP contribution in [0, 0.1) is 53.3 Å². The van der Waals surface area contributed by atoms with E-state index in [1.54, 1.807) is 36.4 Å². The molecule has 0 aliphatic heterocycles. The van der Waals surface area contributed by atoms with Crippen LogP contribution in [-0.2, 0) is 0 Å². The third-order valence-electron chi connectivity index (χ3n) is 14.3. The Morgan fingerprint density at radius 3 is 0.722 bits per heavy atom. The van der Waals surface area contributed by atoms with E-state index in [9.17, 15) is 15.3 Å². The van der Waals surface area contributed by atoms with Crippen LogP contribution in [-0.4, -0.2) is 35.1 Å². The van der Waals surface area contributed by atoms with Crippen LogP contribution >= 0.6 is 0 Å². The van der Waals surface area contributed by atoms with Crippen LogP contribution in [0.4, 0.5) is 0 Å². The van der Waals surface area contributed by atoms with Crippen LogP contribution in [0.25, 0.3) is 0 Å². The van der Waals surface area contributed by atoms with Gasteiger partial charge in [0.2, 0.25) is 0 Å². The zero-order valence-electron chi connectivity index (χ0n) is 46.1. The van der Waals surface area contributed by atoms with E-state index in [0.29, 0.717) is 88.2 Å². The van der Waals surface area contributed by atoms with Gasteiger partial charge in [0, 0.05) is 69.8 Å². The number of unbranched alkanes of at least 4 members (excludes halogenated alkanes) is 24. The molecule has 0 bridgehead atoms. The standard InChI is InChI=1S/C66H96O6/c1-7-10-13-16-19-22-25-28-31-34-52(4)49-70-64-46-58-40-37-56-44-62(68)66(72-51-54(6)36-33-30-27-24-21-18-15-12-9-3)48-60(56)42-39-57-45-63(69)65(47-59(57)41-38-55(58)43-61(64)67)71-50-53(5)35-32-29-26-23-20-17-14-11-8-2/h43-48,52-54,67-69H,7-36,49-51H2,1-6H3/t52-,53-,54-/m1/s1. The van der Waals surface area contributed by atoms with Crippen LogP contribution in [0.2, 0.25) is 0 Å². The van der Waals surface area contributed by atoms with Crippen molar-refractivity contribution in [1.29, 1.82) is 0 Å². The number of hydrogen-bond donors (Lipinski definition) is 3. The van der Waals surface area contributed by atoms with E-state index in [0.717, 1.165) is 19.3 Å². The maximum Gasteiger partial charge on any atom is 0.162 e. The molecule has 0 radical (unpaired) electrons. The molecule has 0 spiro atoms. The zero-order valence-corrected chi connectivity index (χ0v) is 46.1. The summed E-state index contributed by atoms with van der Waals surface area (Å²) in [4.78, 5) is 0. The second-order valence-electron chi connectivity index (χ2n) is 21.4. The lowest BCUT2D eigenvalue weighted by Gasteiger charge is -2.15. The fraction of sp³-hybridized carbons (Fsp3) is 0.636. The number of hydrogen-bond acceptors (Lipinski definition) is 6. The Labute approximate surface area is 439 Å². The van der Waals surface area contributed by atoms with Gasteiger partial charge < -0.3 is 29.5 Å². The number of ether oxygens (including phenoxy) is 3. The summed E-state index contributed by atoms with van der Waals surface area (Å²) in [5, 5.41) is 34.0. The average Bonchev–Trinajstić information content (AvgIpc) is 3.37. The first-order valence-corrected chi connectivity index (χ1v) is 29.2. The van der Waals surface area contributed by atoms with E-state index in [1.165, 1.54) is 173 Å². The Kier molecular flexibility index (Phi) is 30.0. The van der Waals surface area contributed by atoms with Crippen molar-refractivity contribution in [1.82, 2.24) is 0 Å². The lowest BCUT2D eigenvalue weighted by atomic mass is 10.00. The largest absolute Gasteiger partial charge is 0.504 e. The summed E-state index contributed by atoms with van der Waals surface area (Å²) in [7, 11) is 0. The molecule has 6 heteroatoms. The van der Waals surface area contributed by atoms with Gasteiger partial charge in [-0.2, -0.15) is 0 Å². The van der Waals surface area contributed by atoms with Gasteiger partial charge in [0.25, 0.3) is 0 Å². The van der Waals surface area contributed by atoms with Crippen LogP contribution < -0.4 is 14.2 Å². The fourth-order valence-corrected chi connectivity index (χ4v) is 9.43. The number of phenolic OH excluding ortho intramolecular Hbond substituents is 3. The highest BCUT2D eigenvalue weighted by molar-refractivity contribution is 5.67. The van der Waals surface area contributed by atoms with E-state index in [4.69, 9.17) is 14.2 Å². The first-order valence-electron chi connectivity index (χ1n) is 29.2. The highest BCUT2D eigenvalue weighted by atomic mass is 16.5. The Balaban J connectivity index is 1.52. The molecule has 0 saturated heterocycles. The zero-order chi connectivity index (χ0) is 51.6. The molecule has 72 heavy (non-hydrogen) atoms. The summed E-state index contributed by atoms with van der Waals surface area (Å²) in [5.74, 6) is 21.7. The van der Waals surface area contributed by atoms with Gasteiger partial charge in [-0.25, -0.2) is 0 Å². The molecule has 0 aromatic heterocycles. The molecular formula is C66H96O6. The second kappa shape index (κ2) is 36.1. The number of benzene rings is 3. The van der Waals surface area contributed by atoms with Crippen LogP contribution in [0.15, 0.2) is 36.4 Å². The number of phenols is 3. The lowest BCUT2D eigenvalue weighted by Crippen LogP contribution is -2.09. The molecule has 396 valence electrons. The van der Waals surface area contributed by atoms with Crippen molar-refractivity contribution in [2.24, 2.45) is 17.8 Å². The molecule has 6 nitrogen and oxygen atoms in total. The molecular weight excluding hydrogens is 889 g/mol. The number of aromatic hydroxyl groups is 3. The van der Waals surface area contributed by atoms with Gasteiger partial charge in [-0.05, 0) is 37.0 Å². The van der Waals surface area contributed by atoms with E-state index >= 15 is 0 Å². The van der Waals surface area contributed by atoms with E-state index in [2.05, 4.69) is 77.1 Å². The summed E-state index contributed by atoms with van der Waals surface area (Å²) in [6, 6.07) is 10.1. The Hall–Kier alpha value is -4.86. The minimum atomic E-state index is -0.00482. The van der Waals surface area contributed by atoms with Crippen molar-refractivity contribution in [2.45, 2.75) is 234 Å². The molecule has 0 unspecified atom stereocenters. The van der Waals surface area contributed by atoms with Crippen molar-refractivity contribution >= 4 is 0 Å². The van der Waals surface area contributed by atoms with Crippen molar-refractivity contribution < 1.29 is 29.5 Å². The third-order valence-corrected chi connectivity index (χ3v) is 14.3. The predicted octanol–water partition coefficient (Wildman–Crippen LogP) is 18.1. The monoisotopic (exact) mass is 985 g/mol. The normalized spacial score (nSPS) is 12.8. The molecule has 3 aromatic rings. The average molecular weight is 985 g/mol. The third kappa shape index (κ3) is 23.8. The minimum absolute atomic E-state index is 0.00482. The van der Waals surface area contributed by atoms with Gasteiger partial charge in [-0.1, -0.05) is 250 Å². The lowest BCUT2D eigenvalue weighted by molar-refractivity contribution is 0.239. The van der Waals surface area contributed by atoms with E-state index in [-0.39, 0.29) is 17.2 Å². The topological polar surface area (TPSA) is 88.4 Å². The first-order chi connectivity index (χ1) is 35.1. The highest BCUT2D eigenvalue weighted by Crippen LogP contribution is 2.34. The van der Waals surface area contributed by atoms with Gasteiger partial charge in [-0.15, -0.1) is 0 Å². The van der Waals surface area contributed by atoms with Gasteiger partial charge in [0.05, 0.1) is 19.8 Å². The fourth-order valence-electron chi connectivity index (χ4n) is 9.43. The first kappa shape index (κ1) is 59.7. The van der Waals surface area contributed by atoms with Gasteiger partial charge in [0.1, 0.15) is 0 Å². The summed E-state index contributed by atoms with van der Waals surface area (Å²) in [6.45, 7) is 14.8. The summed E-state index contributed by atoms with van der Waals surface area (Å²) in [6.07, 6.45) is 38.2. The Morgan fingerprint density at radius 1 is 0.306 bits per heavy atom. The molecule has 0 fully saturated rings. The number of fused-ring (bicyclic) bond motifs is 3. The molecule has 0 heterocycles. The molecule has 3 atom stereocenters. The van der Waals surface area contributed by atoms with E-state index < -0.39 is 0 Å². The highest BCUT2D eigenvalue weighted by Gasteiger charge is 2.16. The molecule has 3 aromatic carbocycles. The summed E-state index contributed by atoms with van der Waals surface area (Å²) in [5.41, 5.74) is 3.29. The quantitative estimate of drug-likeness (QED) is 0.0305. The van der Waals surface area contributed by atoms with Crippen LogP contribution in [0.3, 0.4) is 0 Å². The van der Waals surface area contributed by atoms with E-state index in [1.807, 2.05) is 0 Å². The molecule has 1 aliphatic rings. The van der Waals surface area contributed by atoms with Crippen molar-refractivity contribution in [3.63, 3.8) is 0 Å². The molecule has 0 amide bonds. The second-order valence-corrected chi connectivity index (χ2v) is 21.4. The maximum absolute atomic E-state index is 11.3. The van der Waals surface area contributed by atoms with Gasteiger partial charge >= 0.3 is 0 Å². The van der Waals surface area contributed by atoms with Crippen molar-refractivity contribution in [2.75, 3.05) is 19.8 Å². The smallest absolute Gasteiger partial charge is 0.162 e. The molecule has 0 saturated carbocycles. The molecule has 3 N–H and O–H groups in total. The van der Waals surface area contributed by atoms with Gasteiger partial charge in [0.15, 0.2) is 34.5 Å². The Bertz CT molecular complexity index is 1940. The van der Waals surface area contributed by atoms with Crippen molar-refractivity contribution in [3.05, 3.63) is 69.8 Å². The predicted molar refractivity (Wildman–Crippen MR) is 302 cm³/mol. The molecule has 1 aliphatic carbocycles. The Morgan fingerprint density at radius 2 is 0.500 bits per heavy atom. The van der Waals surface area contributed by atoms with Gasteiger partial charge in [-0.3, -0.25) is 0 Å². The summed E-state index contributed by atoms with van der Waals surface area (Å²) < 4.78 is 18.8. The summed E-state index contributed by atoms with van der Waals surface area (Å²) >= 11 is 0. The number of rotatable bonds is 39. The molecule has 4 rings (SSSR count). The van der Waals surface area contributed by atoms with Crippen LogP contribution in [0.5, 0.6) is 34.5 Å². The SMILES string of the molecule is CCCCCCCCCCC[C@@H](C)COc1cc2c(cc1O)C#Cc1cc(OC[C@H](C)CCCCCCCCCCC)c(O)cc1C#Cc1cc(OC[C@H](C)CCCCCCCCCCC)c(O)cc1C#C2.